The van der Waals surface area contributed by atoms with Gasteiger partial charge in [0.05, 0.1) is 0 Å². The van der Waals surface area contributed by atoms with Crippen molar-refractivity contribution in [2.75, 3.05) is 19.7 Å². The summed E-state index contributed by atoms with van der Waals surface area (Å²) < 4.78 is 11.9. The van der Waals surface area contributed by atoms with E-state index >= 15 is 0 Å². The average Bonchev–Trinajstić information content (AvgIpc) is 2.76. The summed E-state index contributed by atoms with van der Waals surface area (Å²) in [6.07, 6.45) is 6.15. The SMILES string of the molecule is CCCCCCNCCOc1cccc2c1OC(C)(C)C2. The van der Waals surface area contributed by atoms with Gasteiger partial charge in [0.15, 0.2) is 11.5 Å². The molecule has 3 nitrogen and oxygen atoms in total. The summed E-state index contributed by atoms with van der Waals surface area (Å²) >= 11 is 0. The zero-order valence-corrected chi connectivity index (χ0v) is 13.7. The lowest BCUT2D eigenvalue weighted by atomic mass is 10.0. The van der Waals surface area contributed by atoms with Crippen LogP contribution in [0.4, 0.5) is 0 Å². The van der Waals surface area contributed by atoms with E-state index in [0.717, 1.165) is 31.0 Å². The lowest BCUT2D eigenvalue weighted by Gasteiger charge is -2.18. The molecule has 0 saturated heterocycles. The molecule has 21 heavy (non-hydrogen) atoms. The normalized spacial score (nSPS) is 15.6. The third-order valence-corrected chi connectivity index (χ3v) is 3.80. The van der Waals surface area contributed by atoms with Gasteiger partial charge in [-0.1, -0.05) is 38.3 Å². The highest BCUT2D eigenvalue weighted by atomic mass is 16.5. The number of para-hydroxylation sites is 1. The first kappa shape index (κ1) is 16.2. The molecule has 0 aromatic heterocycles. The minimum Gasteiger partial charge on any atom is -0.488 e. The quantitative estimate of drug-likeness (QED) is 0.699. The summed E-state index contributed by atoms with van der Waals surface area (Å²) in [4.78, 5) is 0. The maximum Gasteiger partial charge on any atom is 0.165 e. The third-order valence-electron chi connectivity index (χ3n) is 3.80. The summed E-state index contributed by atoms with van der Waals surface area (Å²) in [5, 5.41) is 3.43. The number of benzene rings is 1. The molecule has 1 N–H and O–H groups in total. The Balaban J connectivity index is 1.70. The minimum atomic E-state index is -0.112. The van der Waals surface area contributed by atoms with E-state index in [2.05, 4.69) is 38.2 Å². The van der Waals surface area contributed by atoms with Gasteiger partial charge in [0.1, 0.15) is 12.2 Å². The summed E-state index contributed by atoms with van der Waals surface area (Å²) in [6, 6.07) is 6.18. The van der Waals surface area contributed by atoms with Crippen molar-refractivity contribution in [1.82, 2.24) is 5.32 Å². The van der Waals surface area contributed by atoms with Crippen molar-refractivity contribution in [3.63, 3.8) is 0 Å². The maximum absolute atomic E-state index is 6.00. The highest BCUT2D eigenvalue weighted by Gasteiger charge is 2.32. The van der Waals surface area contributed by atoms with E-state index < -0.39 is 0 Å². The second kappa shape index (κ2) is 7.69. The predicted molar refractivity (Wildman–Crippen MR) is 87.4 cm³/mol. The zero-order valence-electron chi connectivity index (χ0n) is 13.7. The van der Waals surface area contributed by atoms with Gasteiger partial charge in [-0.25, -0.2) is 0 Å². The molecule has 3 heteroatoms. The van der Waals surface area contributed by atoms with Gasteiger partial charge in [0, 0.05) is 18.5 Å². The molecule has 0 aliphatic carbocycles. The summed E-state index contributed by atoms with van der Waals surface area (Å²) in [7, 11) is 0. The molecule has 1 aliphatic heterocycles. The van der Waals surface area contributed by atoms with Crippen LogP contribution in [0.1, 0.15) is 52.0 Å². The van der Waals surface area contributed by atoms with Gasteiger partial charge < -0.3 is 14.8 Å². The van der Waals surface area contributed by atoms with E-state index in [1.807, 2.05) is 6.07 Å². The van der Waals surface area contributed by atoms with Crippen LogP contribution in [0.25, 0.3) is 0 Å². The molecule has 0 bridgehead atoms. The van der Waals surface area contributed by atoms with Crippen molar-refractivity contribution in [3.8, 4) is 11.5 Å². The fourth-order valence-corrected chi connectivity index (χ4v) is 2.74. The molecule has 0 radical (unpaired) electrons. The molecule has 0 saturated carbocycles. The van der Waals surface area contributed by atoms with Crippen LogP contribution >= 0.6 is 0 Å². The largest absolute Gasteiger partial charge is 0.488 e. The zero-order chi connectivity index (χ0) is 15.1. The fourth-order valence-electron chi connectivity index (χ4n) is 2.74. The van der Waals surface area contributed by atoms with Gasteiger partial charge in [0.2, 0.25) is 0 Å². The van der Waals surface area contributed by atoms with Crippen molar-refractivity contribution in [2.24, 2.45) is 0 Å². The lowest BCUT2D eigenvalue weighted by molar-refractivity contribution is 0.132. The number of rotatable bonds is 9. The predicted octanol–water partition coefficient (Wildman–Crippen LogP) is 3.95. The highest BCUT2D eigenvalue weighted by molar-refractivity contribution is 5.50. The Morgan fingerprint density at radius 1 is 1.19 bits per heavy atom. The molecule has 0 atom stereocenters. The number of hydrogen-bond donors (Lipinski definition) is 1. The van der Waals surface area contributed by atoms with E-state index in [0.29, 0.717) is 6.61 Å². The molecule has 0 amide bonds. The Hall–Kier alpha value is -1.22. The summed E-state index contributed by atoms with van der Waals surface area (Å²) in [5.74, 6) is 1.82. The van der Waals surface area contributed by atoms with Crippen LogP contribution in [0, 0.1) is 0 Å². The Kier molecular flexibility index (Phi) is 5.92. The Morgan fingerprint density at radius 2 is 2.05 bits per heavy atom. The van der Waals surface area contributed by atoms with Crippen molar-refractivity contribution in [1.29, 1.82) is 0 Å². The molecule has 118 valence electrons. The van der Waals surface area contributed by atoms with Crippen molar-refractivity contribution in [3.05, 3.63) is 23.8 Å². The van der Waals surface area contributed by atoms with Crippen LogP contribution in [0.5, 0.6) is 11.5 Å². The topological polar surface area (TPSA) is 30.5 Å². The van der Waals surface area contributed by atoms with Crippen LogP contribution in [0.15, 0.2) is 18.2 Å². The Labute approximate surface area is 129 Å². The molecule has 0 fully saturated rings. The summed E-state index contributed by atoms with van der Waals surface area (Å²) in [6.45, 7) is 9.14. The van der Waals surface area contributed by atoms with Crippen LogP contribution in [-0.4, -0.2) is 25.3 Å². The van der Waals surface area contributed by atoms with Crippen LogP contribution < -0.4 is 14.8 Å². The molecule has 1 aliphatic rings. The summed E-state index contributed by atoms with van der Waals surface area (Å²) in [5.41, 5.74) is 1.14. The second-order valence-electron chi connectivity index (χ2n) is 6.44. The first-order valence-electron chi connectivity index (χ1n) is 8.27. The Bertz CT molecular complexity index is 443. The monoisotopic (exact) mass is 291 g/mol. The van der Waals surface area contributed by atoms with Crippen LogP contribution in [-0.2, 0) is 6.42 Å². The molecule has 1 aromatic rings. The number of nitrogens with one attached hydrogen (secondary N) is 1. The number of ether oxygens (including phenoxy) is 2. The van der Waals surface area contributed by atoms with E-state index in [9.17, 15) is 0 Å². The molecular formula is C18H29NO2. The number of hydrogen-bond acceptors (Lipinski definition) is 3. The van der Waals surface area contributed by atoms with E-state index in [1.54, 1.807) is 0 Å². The van der Waals surface area contributed by atoms with Gasteiger partial charge in [-0.2, -0.15) is 0 Å². The minimum absolute atomic E-state index is 0.112. The van der Waals surface area contributed by atoms with E-state index in [4.69, 9.17) is 9.47 Å². The van der Waals surface area contributed by atoms with Crippen molar-refractivity contribution < 1.29 is 9.47 Å². The lowest BCUT2D eigenvalue weighted by Crippen LogP contribution is -2.25. The highest BCUT2D eigenvalue weighted by Crippen LogP contribution is 2.41. The number of fused-ring (bicyclic) bond motifs is 1. The van der Waals surface area contributed by atoms with Crippen LogP contribution in [0.2, 0.25) is 0 Å². The number of unbranched alkanes of at least 4 members (excludes halogenated alkanes) is 3. The second-order valence-corrected chi connectivity index (χ2v) is 6.44. The van der Waals surface area contributed by atoms with E-state index in [1.165, 1.54) is 31.2 Å². The van der Waals surface area contributed by atoms with Gasteiger partial charge in [-0.05, 0) is 32.9 Å². The first-order valence-corrected chi connectivity index (χ1v) is 8.27. The van der Waals surface area contributed by atoms with E-state index in [-0.39, 0.29) is 5.60 Å². The van der Waals surface area contributed by atoms with Crippen molar-refractivity contribution in [2.45, 2.75) is 58.5 Å². The molecule has 0 unspecified atom stereocenters. The van der Waals surface area contributed by atoms with Crippen LogP contribution in [0.3, 0.4) is 0 Å². The molecular weight excluding hydrogens is 262 g/mol. The molecule has 1 heterocycles. The van der Waals surface area contributed by atoms with Gasteiger partial charge in [0.25, 0.3) is 0 Å². The third kappa shape index (κ3) is 4.92. The van der Waals surface area contributed by atoms with Gasteiger partial charge in [-0.3, -0.25) is 0 Å². The molecule has 0 spiro atoms. The average molecular weight is 291 g/mol. The maximum atomic E-state index is 6.00. The van der Waals surface area contributed by atoms with Crippen molar-refractivity contribution >= 4 is 0 Å². The van der Waals surface area contributed by atoms with Gasteiger partial charge in [-0.15, -0.1) is 0 Å². The van der Waals surface area contributed by atoms with Gasteiger partial charge >= 0.3 is 0 Å². The fraction of sp³-hybridized carbons (Fsp3) is 0.667. The smallest absolute Gasteiger partial charge is 0.165 e. The molecule has 1 aromatic carbocycles. The first-order chi connectivity index (χ1) is 10.1. The standard InChI is InChI=1S/C18H29NO2/c1-4-5-6-7-11-19-12-13-20-16-10-8-9-15-14-18(2,3)21-17(15)16/h8-10,19H,4-7,11-14H2,1-3H3. The molecule has 2 rings (SSSR count). The Morgan fingerprint density at radius 3 is 2.86 bits per heavy atom.